The minimum absolute atomic E-state index is 0.308. The highest BCUT2D eigenvalue weighted by atomic mass is 16.4. The molecular weight excluding hydrogens is 342 g/mol. The second-order valence-electron chi connectivity index (χ2n) is 7.81. The third-order valence-corrected chi connectivity index (χ3v) is 5.15. The molecule has 0 bridgehead atoms. The summed E-state index contributed by atoms with van der Waals surface area (Å²) in [5, 5.41) is 34.7. The normalized spacial score (nSPS) is 13.6. The molecule has 0 fully saturated rings. The zero-order chi connectivity index (χ0) is 21.5. The summed E-state index contributed by atoms with van der Waals surface area (Å²) in [6, 6.07) is 0. The zero-order valence-corrected chi connectivity index (χ0v) is 19.1. The van der Waals surface area contributed by atoms with Gasteiger partial charge in [-0.15, -0.1) is 0 Å². The van der Waals surface area contributed by atoms with Crippen molar-refractivity contribution in [2.24, 2.45) is 16.2 Å². The molecule has 0 aromatic heterocycles. The molecule has 0 radical (unpaired) electrons. The van der Waals surface area contributed by atoms with Crippen LogP contribution in [0.4, 0.5) is 0 Å². The third kappa shape index (κ3) is 12.0. The van der Waals surface area contributed by atoms with Gasteiger partial charge in [-0.05, 0) is 93.4 Å². The van der Waals surface area contributed by atoms with Crippen LogP contribution in [0.3, 0.4) is 0 Å². The topological polar surface area (TPSA) is 101 Å². The Bertz CT molecular complexity index is 398. The van der Waals surface area contributed by atoms with Crippen molar-refractivity contribution in [2.45, 2.75) is 85.7 Å². The second kappa shape index (κ2) is 14.8. The Morgan fingerprint density at radius 2 is 1.11 bits per heavy atom. The van der Waals surface area contributed by atoms with Gasteiger partial charge in [0.25, 0.3) is 0 Å². The van der Waals surface area contributed by atoms with E-state index in [1.54, 1.807) is 0 Å². The molecule has 0 aliphatic carbocycles. The maximum absolute atomic E-state index is 8.96. The lowest BCUT2D eigenvalue weighted by Gasteiger charge is -2.28. The minimum Gasteiger partial charge on any atom is -0.411 e. The summed E-state index contributed by atoms with van der Waals surface area (Å²) in [6.07, 6.45) is 3.22. The van der Waals surface area contributed by atoms with E-state index in [1.165, 1.54) is 0 Å². The van der Waals surface area contributed by atoms with E-state index in [2.05, 4.69) is 26.3 Å². The van der Waals surface area contributed by atoms with Crippen LogP contribution in [0, 0.1) is 5.92 Å². The van der Waals surface area contributed by atoms with Crippen molar-refractivity contribution in [1.29, 1.82) is 0 Å². The molecule has 0 aliphatic heterocycles. The largest absolute Gasteiger partial charge is 0.411 e. The molecule has 0 unspecified atom stereocenters. The molecule has 0 aromatic rings. The van der Waals surface area contributed by atoms with E-state index < -0.39 is 0 Å². The first-order valence-corrected chi connectivity index (χ1v) is 10.1. The highest BCUT2D eigenvalue weighted by Gasteiger charge is 2.23. The predicted molar refractivity (Wildman–Crippen MR) is 117 cm³/mol. The average Bonchev–Trinajstić information content (AvgIpc) is 2.65. The quantitative estimate of drug-likeness (QED) is 0.189. The van der Waals surface area contributed by atoms with Crippen LogP contribution < -0.4 is 16.0 Å². The summed E-state index contributed by atoms with van der Waals surface area (Å²) in [5.74, 6) is 0.580. The summed E-state index contributed by atoms with van der Waals surface area (Å²) in [7, 11) is 1.97. The lowest BCUT2D eigenvalue weighted by Crippen LogP contribution is -2.47. The van der Waals surface area contributed by atoms with Gasteiger partial charge in [0.2, 0.25) is 0 Å². The summed E-state index contributed by atoms with van der Waals surface area (Å²) >= 11 is 0. The average molecular weight is 388 g/mol. The standard InChI is InChI=1S/C18H39N5O2.C2H6/c1-14(22-24)17(3,4)20-12-9-16(8-11-19-7)10-13-21-18(5,6)15(2)23-25;1-2/h16,19-21,24-25H,8-13H2,1-7H3;1-2H3/b22-14+,23-15+;. The molecule has 0 aliphatic rings. The van der Waals surface area contributed by atoms with Gasteiger partial charge < -0.3 is 26.4 Å². The molecule has 0 aromatic carbocycles. The summed E-state index contributed by atoms with van der Waals surface area (Å²) in [6.45, 7) is 18.5. The predicted octanol–water partition coefficient (Wildman–Crippen LogP) is 3.46. The molecule has 0 atom stereocenters. The van der Waals surface area contributed by atoms with Gasteiger partial charge in [0, 0.05) is 0 Å². The molecule has 0 spiro atoms. The number of oxime groups is 2. The minimum atomic E-state index is -0.308. The van der Waals surface area contributed by atoms with Crippen LogP contribution in [-0.2, 0) is 0 Å². The molecular formula is C20H45N5O2. The second-order valence-corrected chi connectivity index (χ2v) is 7.81. The van der Waals surface area contributed by atoms with Crippen molar-refractivity contribution < 1.29 is 10.4 Å². The molecule has 0 rings (SSSR count). The van der Waals surface area contributed by atoms with Crippen molar-refractivity contribution in [3.05, 3.63) is 0 Å². The van der Waals surface area contributed by atoms with E-state index in [0.29, 0.717) is 17.3 Å². The van der Waals surface area contributed by atoms with E-state index in [1.807, 2.05) is 62.4 Å². The van der Waals surface area contributed by atoms with Crippen molar-refractivity contribution in [2.75, 3.05) is 26.7 Å². The molecule has 0 saturated heterocycles. The van der Waals surface area contributed by atoms with Crippen molar-refractivity contribution >= 4 is 11.4 Å². The van der Waals surface area contributed by atoms with E-state index in [0.717, 1.165) is 38.9 Å². The van der Waals surface area contributed by atoms with Crippen molar-refractivity contribution in [3.63, 3.8) is 0 Å². The molecule has 7 nitrogen and oxygen atoms in total. The summed E-state index contributed by atoms with van der Waals surface area (Å²) < 4.78 is 0. The van der Waals surface area contributed by atoms with Crippen molar-refractivity contribution in [1.82, 2.24) is 16.0 Å². The van der Waals surface area contributed by atoms with Gasteiger partial charge in [-0.25, -0.2) is 0 Å². The van der Waals surface area contributed by atoms with Gasteiger partial charge in [0.05, 0.1) is 22.5 Å². The smallest absolute Gasteiger partial charge is 0.0734 e. The summed E-state index contributed by atoms with van der Waals surface area (Å²) in [4.78, 5) is 0. The Labute approximate surface area is 167 Å². The van der Waals surface area contributed by atoms with Gasteiger partial charge in [-0.3, -0.25) is 0 Å². The molecule has 0 amide bonds. The highest BCUT2D eigenvalue weighted by molar-refractivity contribution is 5.90. The van der Waals surface area contributed by atoms with Gasteiger partial charge in [-0.1, -0.05) is 24.2 Å². The number of hydrogen-bond acceptors (Lipinski definition) is 7. The van der Waals surface area contributed by atoms with Crippen LogP contribution in [0.1, 0.15) is 74.7 Å². The van der Waals surface area contributed by atoms with Crippen LogP contribution in [-0.4, -0.2) is 59.6 Å². The summed E-state index contributed by atoms with van der Waals surface area (Å²) in [5.41, 5.74) is 0.747. The lowest BCUT2D eigenvalue weighted by atomic mass is 9.94. The number of rotatable bonds is 13. The first kappa shape index (κ1) is 28.0. The molecule has 5 N–H and O–H groups in total. The molecule has 27 heavy (non-hydrogen) atoms. The van der Waals surface area contributed by atoms with Gasteiger partial charge >= 0.3 is 0 Å². The van der Waals surface area contributed by atoms with E-state index in [4.69, 9.17) is 10.4 Å². The van der Waals surface area contributed by atoms with E-state index in [9.17, 15) is 0 Å². The fourth-order valence-electron chi connectivity index (χ4n) is 2.46. The van der Waals surface area contributed by atoms with Gasteiger partial charge in [0.15, 0.2) is 0 Å². The van der Waals surface area contributed by atoms with Crippen LogP contribution in [0.15, 0.2) is 10.3 Å². The van der Waals surface area contributed by atoms with E-state index in [-0.39, 0.29) is 11.1 Å². The van der Waals surface area contributed by atoms with Crippen molar-refractivity contribution in [3.8, 4) is 0 Å². The Kier molecular flexibility index (Phi) is 15.4. The first-order valence-electron chi connectivity index (χ1n) is 10.1. The number of hydrogen-bond donors (Lipinski definition) is 5. The van der Waals surface area contributed by atoms with Gasteiger partial charge in [-0.2, -0.15) is 0 Å². The van der Waals surface area contributed by atoms with Crippen LogP contribution >= 0.6 is 0 Å². The van der Waals surface area contributed by atoms with E-state index >= 15 is 0 Å². The SMILES string of the molecule is CC.CNCCC(CCNC(C)(C)/C(C)=N/O)CCNC(C)(C)/C(C)=N/O. The number of nitrogens with one attached hydrogen (secondary N) is 3. The molecule has 0 heterocycles. The zero-order valence-electron chi connectivity index (χ0n) is 19.1. The molecule has 0 saturated carbocycles. The maximum Gasteiger partial charge on any atom is 0.0734 e. The Morgan fingerprint density at radius 3 is 1.41 bits per heavy atom. The lowest BCUT2D eigenvalue weighted by molar-refractivity contribution is 0.306. The van der Waals surface area contributed by atoms with Crippen LogP contribution in [0.5, 0.6) is 0 Å². The Hall–Kier alpha value is -1.18. The first-order chi connectivity index (χ1) is 12.6. The monoisotopic (exact) mass is 387 g/mol. The molecule has 162 valence electrons. The Morgan fingerprint density at radius 1 is 0.778 bits per heavy atom. The van der Waals surface area contributed by atoms with Gasteiger partial charge in [0.1, 0.15) is 0 Å². The third-order valence-electron chi connectivity index (χ3n) is 5.15. The number of nitrogens with zero attached hydrogens (tertiary/aromatic N) is 2. The fraction of sp³-hybridized carbons (Fsp3) is 0.900. The maximum atomic E-state index is 8.96. The molecule has 7 heteroatoms. The highest BCUT2D eigenvalue weighted by Crippen LogP contribution is 2.15. The fourth-order valence-corrected chi connectivity index (χ4v) is 2.46. The van der Waals surface area contributed by atoms with Crippen LogP contribution in [0.25, 0.3) is 0 Å². The Balaban J connectivity index is 0. The van der Waals surface area contributed by atoms with Crippen LogP contribution in [0.2, 0.25) is 0 Å².